The zero-order chi connectivity index (χ0) is 9.42. The molecule has 1 aromatic rings. The largest absolute Gasteiger partial charge is 0.484 e. The number of pyridine rings is 1. The molecule has 2 heterocycles. The summed E-state index contributed by atoms with van der Waals surface area (Å²) in [6.07, 6.45) is 0. The predicted molar refractivity (Wildman–Crippen MR) is 45.6 cm³/mol. The van der Waals surface area contributed by atoms with Gasteiger partial charge < -0.3 is 9.47 Å². The van der Waals surface area contributed by atoms with E-state index in [0.29, 0.717) is 11.3 Å². The van der Waals surface area contributed by atoms with Crippen LogP contribution in [-0.2, 0) is 0 Å². The number of ketones is 1. The third-order valence-corrected chi connectivity index (χ3v) is 1.94. The molecule has 0 amide bonds. The molecular weight excluding hydrogens is 194 g/mol. The van der Waals surface area contributed by atoms with Crippen LogP contribution in [-0.4, -0.2) is 24.5 Å². The molecule has 0 spiro atoms. The summed E-state index contributed by atoms with van der Waals surface area (Å²) in [6, 6.07) is 1.50. The van der Waals surface area contributed by atoms with E-state index >= 15 is 0 Å². The van der Waals surface area contributed by atoms with Crippen LogP contribution in [0.1, 0.15) is 10.4 Å². The highest BCUT2D eigenvalue weighted by Gasteiger charge is 2.27. The van der Waals surface area contributed by atoms with Gasteiger partial charge in [0.2, 0.25) is 11.7 Å². The Morgan fingerprint density at radius 1 is 1.69 bits per heavy atom. The summed E-state index contributed by atoms with van der Waals surface area (Å²) in [6.45, 7) is 0.0354. The van der Waals surface area contributed by atoms with E-state index in [4.69, 9.17) is 21.1 Å². The minimum absolute atomic E-state index is 0.0354. The molecule has 68 valence electrons. The van der Waals surface area contributed by atoms with Gasteiger partial charge in [0.25, 0.3) is 0 Å². The van der Waals surface area contributed by atoms with Crippen LogP contribution in [0.2, 0.25) is 5.15 Å². The molecule has 0 saturated heterocycles. The van der Waals surface area contributed by atoms with Crippen molar-refractivity contribution in [3.05, 3.63) is 16.8 Å². The molecule has 4 nitrogen and oxygen atoms in total. The van der Waals surface area contributed by atoms with Crippen LogP contribution in [0.15, 0.2) is 6.07 Å². The molecule has 0 aliphatic carbocycles. The van der Waals surface area contributed by atoms with Crippen LogP contribution < -0.4 is 9.47 Å². The second-order valence-electron chi connectivity index (χ2n) is 2.54. The second kappa shape index (κ2) is 2.88. The number of carbonyl (C=O) groups excluding carboxylic acids is 1. The maximum absolute atomic E-state index is 11.3. The van der Waals surface area contributed by atoms with Gasteiger partial charge in [-0.05, 0) is 0 Å². The van der Waals surface area contributed by atoms with Gasteiger partial charge in [-0.15, -0.1) is 0 Å². The van der Waals surface area contributed by atoms with Gasteiger partial charge in [-0.25, -0.2) is 4.98 Å². The molecule has 1 aliphatic rings. The molecule has 0 unspecified atom stereocenters. The first kappa shape index (κ1) is 8.31. The SMILES string of the molecule is COc1nc(Cl)cc2c1C(=O)CO2. The Balaban J connectivity index is 2.64. The number of aromatic nitrogens is 1. The molecular formula is C8H6ClNO3. The van der Waals surface area contributed by atoms with Crippen LogP contribution in [0.5, 0.6) is 11.6 Å². The molecule has 1 aromatic heterocycles. The van der Waals surface area contributed by atoms with Crippen molar-refractivity contribution in [2.45, 2.75) is 0 Å². The van der Waals surface area contributed by atoms with Crippen molar-refractivity contribution < 1.29 is 14.3 Å². The predicted octanol–water partition coefficient (Wildman–Crippen LogP) is 1.32. The molecule has 0 fully saturated rings. The van der Waals surface area contributed by atoms with Crippen LogP contribution >= 0.6 is 11.6 Å². The molecule has 2 rings (SSSR count). The number of rotatable bonds is 1. The summed E-state index contributed by atoms with van der Waals surface area (Å²) in [5.74, 6) is 0.544. The number of Topliss-reactive ketones (excluding diaryl/α,β-unsaturated/α-hetero) is 1. The Morgan fingerprint density at radius 2 is 2.46 bits per heavy atom. The fourth-order valence-electron chi connectivity index (χ4n) is 1.20. The number of carbonyl (C=O) groups is 1. The molecule has 1 aliphatic heterocycles. The summed E-state index contributed by atoms with van der Waals surface area (Å²) in [7, 11) is 1.44. The topological polar surface area (TPSA) is 48.4 Å². The van der Waals surface area contributed by atoms with E-state index in [1.807, 2.05) is 0 Å². The van der Waals surface area contributed by atoms with Gasteiger partial charge in [0.1, 0.15) is 16.5 Å². The maximum Gasteiger partial charge on any atom is 0.229 e. The third-order valence-electron chi connectivity index (χ3n) is 1.75. The normalized spacial score (nSPS) is 13.8. The first-order chi connectivity index (χ1) is 6.22. The average Bonchev–Trinajstić information content (AvgIpc) is 2.46. The number of nitrogens with zero attached hydrogens (tertiary/aromatic N) is 1. The lowest BCUT2D eigenvalue weighted by Crippen LogP contribution is -2.01. The first-order valence-corrected chi connectivity index (χ1v) is 4.00. The number of hydrogen-bond donors (Lipinski definition) is 0. The van der Waals surface area contributed by atoms with E-state index in [2.05, 4.69) is 4.98 Å². The Kier molecular flexibility index (Phi) is 1.84. The fraction of sp³-hybridized carbons (Fsp3) is 0.250. The zero-order valence-corrected chi connectivity index (χ0v) is 7.59. The average molecular weight is 200 g/mol. The van der Waals surface area contributed by atoms with Crippen LogP contribution in [0.4, 0.5) is 0 Å². The molecule has 13 heavy (non-hydrogen) atoms. The smallest absolute Gasteiger partial charge is 0.229 e. The first-order valence-electron chi connectivity index (χ1n) is 3.63. The maximum atomic E-state index is 11.3. The van der Waals surface area contributed by atoms with E-state index < -0.39 is 0 Å². The zero-order valence-electron chi connectivity index (χ0n) is 6.83. The van der Waals surface area contributed by atoms with Crippen molar-refractivity contribution in [3.8, 4) is 11.6 Å². The standard InChI is InChI=1S/C8H6ClNO3/c1-12-8-7-4(11)3-13-5(7)2-6(9)10-8/h2H,3H2,1H3. The van der Waals surface area contributed by atoms with E-state index in [1.54, 1.807) is 0 Å². The summed E-state index contributed by atoms with van der Waals surface area (Å²) in [5.41, 5.74) is 0.381. The van der Waals surface area contributed by atoms with Crippen molar-refractivity contribution in [2.24, 2.45) is 0 Å². The lowest BCUT2D eigenvalue weighted by atomic mass is 10.2. The van der Waals surface area contributed by atoms with Gasteiger partial charge in [0, 0.05) is 6.07 Å². The molecule has 0 N–H and O–H groups in total. The summed E-state index contributed by atoms with van der Waals surface area (Å²) in [5, 5.41) is 0.255. The molecule has 0 aromatic carbocycles. The number of halogens is 1. The van der Waals surface area contributed by atoms with Crippen LogP contribution in [0.25, 0.3) is 0 Å². The van der Waals surface area contributed by atoms with Crippen molar-refractivity contribution in [1.29, 1.82) is 0 Å². The number of fused-ring (bicyclic) bond motifs is 1. The minimum Gasteiger partial charge on any atom is -0.484 e. The van der Waals surface area contributed by atoms with E-state index in [0.717, 1.165) is 0 Å². The van der Waals surface area contributed by atoms with Crippen molar-refractivity contribution in [1.82, 2.24) is 4.98 Å². The molecule has 0 saturated carbocycles. The summed E-state index contributed by atoms with van der Waals surface area (Å²) in [4.78, 5) is 15.1. The van der Waals surface area contributed by atoms with E-state index in [-0.39, 0.29) is 23.4 Å². The third kappa shape index (κ3) is 1.23. The molecule has 0 radical (unpaired) electrons. The Morgan fingerprint density at radius 3 is 3.15 bits per heavy atom. The highest BCUT2D eigenvalue weighted by molar-refractivity contribution is 6.29. The van der Waals surface area contributed by atoms with Gasteiger partial charge in [-0.2, -0.15) is 0 Å². The van der Waals surface area contributed by atoms with Gasteiger partial charge in [0.15, 0.2) is 6.61 Å². The van der Waals surface area contributed by atoms with Gasteiger partial charge in [-0.3, -0.25) is 4.79 Å². The number of methoxy groups -OCH3 is 1. The highest BCUT2D eigenvalue weighted by atomic mass is 35.5. The monoisotopic (exact) mass is 199 g/mol. The van der Waals surface area contributed by atoms with Gasteiger partial charge in [0.05, 0.1) is 7.11 Å². The van der Waals surface area contributed by atoms with E-state index in [1.165, 1.54) is 13.2 Å². The Bertz CT molecular complexity index is 378. The lowest BCUT2D eigenvalue weighted by Gasteiger charge is -2.03. The summed E-state index contributed by atoms with van der Waals surface area (Å²) >= 11 is 5.67. The number of ether oxygens (including phenoxy) is 2. The Labute approximate surface area is 79.4 Å². The van der Waals surface area contributed by atoms with Crippen LogP contribution in [0, 0.1) is 0 Å². The summed E-state index contributed by atoms with van der Waals surface area (Å²) < 4.78 is 9.99. The van der Waals surface area contributed by atoms with Crippen molar-refractivity contribution in [3.63, 3.8) is 0 Å². The fourth-order valence-corrected chi connectivity index (χ4v) is 1.38. The number of hydrogen-bond acceptors (Lipinski definition) is 4. The van der Waals surface area contributed by atoms with Crippen molar-refractivity contribution >= 4 is 17.4 Å². The minimum atomic E-state index is -0.129. The van der Waals surface area contributed by atoms with Gasteiger partial charge in [-0.1, -0.05) is 11.6 Å². The second-order valence-corrected chi connectivity index (χ2v) is 2.93. The quantitative estimate of drug-likeness (QED) is 0.640. The lowest BCUT2D eigenvalue weighted by molar-refractivity contribution is 0.0959. The van der Waals surface area contributed by atoms with Crippen LogP contribution in [0.3, 0.4) is 0 Å². The highest BCUT2D eigenvalue weighted by Crippen LogP contribution is 2.33. The van der Waals surface area contributed by atoms with E-state index in [9.17, 15) is 4.79 Å². The molecule has 5 heteroatoms. The molecule has 0 bridgehead atoms. The molecule has 0 atom stereocenters. The van der Waals surface area contributed by atoms with Crippen molar-refractivity contribution in [2.75, 3.05) is 13.7 Å². The Hall–Kier alpha value is -1.29. The van der Waals surface area contributed by atoms with Gasteiger partial charge >= 0.3 is 0 Å².